The Morgan fingerprint density at radius 1 is 0.696 bits per heavy atom. The van der Waals surface area contributed by atoms with Gasteiger partial charge in [0.15, 0.2) is 0 Å². The molecule has 0 unspecified atom stereocenters. The van der Waals surface area contributed by atoms with Crippen LogP contribution in [0.4, 0.5) is 11.4 Å². The van der Waals surface area contributed by atoms with Gasteiger partial charge >= 0.3 is 0 Å². The SMILES string of the molecule is C1=CC(c2ccc(Nc3ccc4ccccc4c3)cc2)=CCC1. The van der Waals surface area contributed by atoms with Gasteiger partial charge in [-0.3, -0.25) is 0 Å². The molecule has 0 fully saturated rings. The highest BCUT2D eigenvalue weighted by molar-refractivity contribution is 5.86. The summed E-state index contributed by atoms with van der Waals surface area (Å²) < 4.78 is 0. The molecule has 0 bridgehead atoms. The fraction of sp³-hybridized carbons (Fsp3) is 0.0909. The summed E-state index contributed by atoms with van der Waals surface area (Å²) in [6.45, 7) is 0. The highest BCUT2D eigenvalue weighted by Gasteiger charge is 2.02. The lowest BCUT2D eigenvalue weighted by Gasteiger charge is -2.10. The molecule has 0 aromatic heterocycles. The van der Waals surface area contributed by atoms with E-state index in [4.69, 9.17) is 0 Å². The van der Waals surface area contributed by atoms with Crippen LogP contribution in [0, 0.1) is 0 Å². The van der Waals surface area contributed by atoms with Crippen LogP contribution in [0.3, 0.4) is 0 Å². The van der Waals surface area contributed by atoms with Crippen LogP contribution in [0.1, 0.15) is 18.4 Å². The summed E-state index contributed by atoms with van der Waals surface area (Å²) in [6, 6.07) is 23.6. The first kappa shape index (κ1) is 13.8. The number of hydrogen-bond donors (Lipinski definition) is 1. The summed E-state index contributed by atoms with van der Waals surface area (Å²) in [7, 11) is 0. The molecule has 23 heavy (non-hydrogen) atoms. The van der Waals surface area contributed by atoms with E-state index in [1.807, 2.05) is 0 Å². The molecule has 0 amide bonds. The molecule has 1 heteroatoms. The zero-order chi connectivity index (χ0) is 15.5. The van der Waals surface area contributed by atoms with Crippen molar-refractivity contribution in [2.45, 2.75) is 12.8 Å². The normalized spacial score (nSPS) is 13.8. The third kappa shape index (κ3) is 3.04. The average Bonchev–Trinajstić information content (AvgIpc) is 2.63. The quantitative estimate of drug-likeness (QED) is 0.596. The fourth-order valence-electron chi connectivity index (χ4n) is 3.01. The molecule has 1 N–H and O–H groups in total. The molecule has 0 radical (unpaired) electrons. The van der Waals surface area contributed by atoms with Crippen LogP contribution < -0.4 is 5.32 Å². The Kier molecular flexibility index (Phi) is 3.69. The molecule has 0 atom stereocenters. The minimum atomic E-state index is 1.12. The Morgan fingerprint density at radius 3 is 2.26 bits per heavy atom. The van der Waals surface area contributed by atoms with Crippen molar-refractivity contribution >= 4 is 27.7 Å². The monoisotopic (exact) mass is 297 g/mol. The van der Waals surface area contributed by atoms with Crippen molar-refractivity contribution in [3.05, 3.63) is 90.5 Å². The topological polar surface area (TPSA) is 12.0 Å². The highest BCUT2D eigenvalue weighted by Crippen LogP contribution is 2.25. The van der Waals surface area contributed by atoms with Gasteiger partial charge in [-0.1, -0.05) is 60.7 Å². The van der Waals surface area contributed by atoms with Gasteiger partial charge in [0.05, 0.1) is 0 Å². The van der Waals surface area contributed by atoms with Gasteiger partial charge in [0.1, 0.15) is 0 Å². The Balaban J connectivity index is 1.56. The van der Waals surface area contributed by atoms with Gasteiger partial charge < -0.3 is 5.32 Å². The molecule has 0 saturated heterocycles. The van der Waals surface area contributed by atoms with E-state index in [9.17, 15) is 0 Å². The van der Waals surface area contributed by atoms with Crippen molar-refractivity contribution in [3.63, 3.8) is 0 Å². The number of fused-ring (bicyclic) bond motifs is 1. The van der Waals surface area contributed by atoms with E-state index in [-0.39, 0.29) is 0 Å². The molecule has 3 aromatic rings. The molecular formula is C22H19N. The number of benzene rings is 3. The van der Waals surface area contributed by atoms with Gasteiger partial charge in [-0.15, -0.1) is 0 Å². The molecule has 1 nitrogen and oxygen atoms in total. The van der Waals surface area contributed by atoms with Gasteiger partial charge in [-0.25, -0.2) is 0 Å². The minimum absolute atomic E-state index is 1.12. The molecule has 0 aliphatic heterocycles. The van der Waals surface area contributed by atoms with Gasteiger partial charge in [0.25, 0.3) is 0 Å². The lowest BCUT2D eigenvalue weighted by Crippen LogP contribution is -1.91. The standard InChI is InChI=1S/C22H19N/c1-2-6-17(7-3-1)19-10-13-21(14-11-19)23-22-15-12-18-8-4-5-9-20(18)16-22/h2,4-16,23H,1,3H2. The van der Waals surface area contributed by atoms with E-state index in [0.29, 0.717) is 0 Å². The maximum Gasteiger partial charge on any atom is 0.0390 e. The maximum absolute atomic E-state index is 3.49. The molecular weight excluding hydrogens is 278 g/mol. The smallest absolute Gasteiger partial charge is 0.0390 e. The van der Waals surface area contributed by atoms with E-state index >= 15 is 0 Å². The summed E-state index contributed by atoms with van der Waals surface area (Å²) in [4.78, 5) is 0. The number of anilines is 2. The zero-order valence-corrected chi connectivity index (χ0v) is 13.0. The first-order valence-electron chi connectivity index (χ1n) is 8.11. The second-order valence-electron chi connectivity index (χ2n) is 5.90. The molecule has 4 rings (SSSR count). The van der Waals surface area contributed by atoms with Gasteiger partial charge in [-0.2, -0.15) is 0 Å². The van der Waals surface area contributed by atoms with Gasteiger partial charge in [0.2, 0.25) is 0 Å². The van der Waals surface area contributed by atoms with E-state index in [0.717, 1.165) is 24.2 Å². The average molecular weight is 297 g/mol. The summed E-state index contributed by atoms with van der Waals surface area (Å²) in [5.41, 5.74) is 4.84. The Morgan fingerprint density at radius 2 is 1.48 bits per heavy atom. The molecule has 1 aliphatic rings. The number of nitrogens with one attached hydrogen (secondary N) is 1. The summed E-state index contributed by atoms with van der Waals surface area (Å²) in [6.07, 6.45) is 9.08. The second kappa shape index (κ2) is 6.13. The first-order chi connectivity index (χ1) is 11.4. The van der Waals surface area contributed by atoms with Crippen LogP contribution in [0.2, 0.25) is 0 Å². The molecule has 0 heterocycles. The van der Waals surface area contributed by atoms with Gasteiger partial charge in [0, 0.05) is 11.4 Å². The molecule has 3 aromatic carbocycles. The van der Waals surface area contributed by atoms with E-state index in [1.165, 1.54) is 21.9 Å². The minimum Gasteiger partial charge on any atom is -0.356 e. The number of allylic oxidation sites excluding steroid dienone is 4. The van der Waals surface area contributed by atoms with Crippen molar-refractivity contribution in [1.82, 2.24) is 0 Å². The largest absolute Gasteiger partial charge is 0.356 e. The number of hydrogen-bond acceptors (Lipinski definition) is 1. The van der Waals surface area contributed by atoms with Gasteiger partial charge in [-0.05, 0) is 59.0 Å². The molecule has 0 spiro atoms. The lowest BCUT2D eigenvalue weighted by molar-refractivity contribution is 1.04. The van der Waals surface area contributed by atoms with Crippen LogP contribution in [-0.4, -0.2) is 0 Å². The van der Waals surface area contributed by atoms with Crippen molar-refractivity contribution in [3.8, 4) is 0 Å². The highest BCUT2D eigenvalue weighted by atomic mass is 14.9. The van der Waals surface area contributed by atoms with E-state index < -0.39 is 0 Å². The Labute approximate surface area is 137 Å². The molecule has 112 valence electrons. The lowest BCUT2D eigenvalue weighted by atomic mass is 9.99. The second-order valence-corrected chi connectivity index (χ2v) is 5.90. The van der Waals surface area contributed by atoms with Crippen molar-refractivity contribution < 1.29 is 0 Å². The van der Waals surface area contributed by atoms with Crippen molar-refractivity contribution in [2.75, 3.05) is 5.32 Å². The third-order valence-corrected chi connectivity index (χ3v) is 4.25. The Hall–Kier alpha value is -2.80. The van der Waals surface area contributed by atoms with E-state index in [2.05, 4.69) is 90.3 Å². The summed E-state index contributed by atoms with van der Waals surface area (Å²) in [5.74, 6) is 0. The molecule has 0 saturated carbocycles. The maximum atomic E-state index is 3.49. The van der Waals surface area contributed by atoms with Crippen LogP contribution in [0.5, 0.6) is 0 Å². The summed E-state index contributed by atoms with van der Waals surface area (Å²) >= 11 is 0. The predicted octanol–water partition coefficient (Wildman–Crippen LogP) is 6.32. The number of rotatable bonds is 3. The van der Waals surface area contributed by atoms with Crippen LogP contribution in [-0.2, 0) is 0 Å². The van der Waals surface area contributed by atoms with Crippen LogP contribution in [0.15, 0.2) is 85.0 Å². The summed E-state index contributed by atoms with van der Waals surface area (Å²) in [5, 5.41) is 6.01. The van der Waals surface area contributed by atoms with Crippen LogP contribution >= 0.6 is 0 Å². The third-order valence-electron chi connectivity index (χ3n) is 4.25. The Bertz CT molecular complexity index is 885. The van der Waals surface area contributed by atoms with Crippen LogP contribution in [0.25, 0.3) is 16.3 Å². The predicted molar refractivity (Wildman–Crippen MR) is 100 cm³/mol. The first-order valence-corrected chi connectivity index (χ1v) is 8.11. The molecule has 1 aliphatic carbocycles. The zero-order valence-electron chi connectivity index (χ0n) is 13.0. The van der Waals surface area contributed by atoms with Crippen molar-refractivity contribution in [1.29, 1.82) is 0 Å². The fourth-order valence-corrected chi connectivity index (χ4v) is 3.01. The van der Waals surface area contributed by atoms with E-state index in [1.54, 1.807) is 0 Å². The van der Waals surface area contributed by atoms with Crippen molar-refractivity contribution in [2.24, 2.45) is 0 Å².